The molecule has 7 rings (SSSR count). The summed E-state index contributed by atoms with van der Waals surface area (Å²) in [6.45, 7) is 22.5. The highest BCUT2D eigenvalue weighted by Gasteiger charge is 2.76. The molecule has 0 aromatic rings. The summed E-state index contributed by atoms with van der Waals surface area (Å²) in [6.07, 6.45) is -2.62. The van der Waals surface area contributed by atoms with Gasteiger partial charge in [0, 0.05) is 61.9 Å². The molecule has 0 aromatic carbocycles. The normalized spacial score (nSPS) is 48.2. The second-order valence-corrected chi connectivity index (χ2v) is 27.0. The number of nitrogens with zero attached hydrogens (tertiary/aromatic N) is 2. The van der Waals surface area contributed by atoms with E-state index in [2.05, 4.69) is 19.2 Å². The number of allylic oxidation sites excluding steroid dienone is 4. The molecule has 3 unspecified atom stereocenters. The van der Waals surface area contributed by atoms with Gasteiger partial charge in [-0.05, 0) is 156 Å². The maximum Gasteiger partial charge on any atom is 0.311 e. The first-order valence-electron chi connectivity index (χ1n) is 29.5. The van der Waals surface area contributed by atoms with Crippen molar-refractivity contribution in [1.29, 1.82) is 0 Å². The van der Waals surface area contributed by atoms with Gasteiger partial charge in [0.1, 0.15) is 30.0 Å². The Morgan fingerprint density at radius 1 is 0.924 bits per heavy atom. The fraction of sp³-hybridized carbons (Fsp3) is 0.883. The number of esters is 1. The van der Waals surface area contributed by atoms with Gasteiger partial charge in [0.05, 0.1) is 42.0 Å². The summed E-state index contributed by atoms with van der Waals surface area (Å²) in [5, 5.41) is 75.1. The van der Waals surface area contributed by atoms with Crippen molar-refractivity contribution in [3.8, 4) is 0 Å². The molecule has 7 N–H and O–H groups in total. The van der Waals surface area contributed by atoms with E-state index in [-0.39, 0.29) is 50.2 Å². The number of nitrogens with one attached hydrogen (secondary N) is 1. The van der Waals surface area contributed by atoms with E-state index in [0.29, 0.717) is 63.6 Å². The van der Waals surface area contributed by atoms with Gasteiger partial charge in [-0.25, -0.2) is 4.39 Å². The van der Waals surface area contributed by atoms with Gasteiger partial charge in [-0.1, -0.05) is 46.3 Å². The minimum Gasteiger partial charge on any atom is -0.459 e. The van der Waals surface area contributed by atoms with Crippen LogP contribution in [0.3, 0.4) is 0 Å². The van der Waals surface area contributed by atoms with Crippen LogP contribution in [-0.2, 0) is 42.8 Å². The maximum atomic E-state index is 17.9. The van der Waals surface area contributed by atoms with Crippen molar-refractivity contribution in [2.24, 2.45) is 39.9 Å². The van der Waals surface area contributed by atoms with E-state index in [1.54, 1.807) is 47.6 Å². The number of aliphatic hydroxyl groups is 6. The van der Waals surface area contributed by atoms with Crippen LogP contribution in [0.5, 0.6) is 0 Å². The average Bonchev–Trinajstić information content (AvgIpc) is 2.27. The number of aliphatic hydroxyl groups excluding tert-OH is 4. The summed E-state index contributed by atoms with van der Waals surface area (Å²) in [6, 6.07) is -0.969. The fourth-order valence-electron chi connectivity index (χ4n) is 15.7. The number of cyclic esters (lactones) is 1. The minimum absolute atomic E-state index is 0.114. The summed E-state index contributed by atoms with van der Waals surface area (Å²) in [5.41, 5.74) is -9.41. The molecule has 3 saturated carbocycles. The second kappa shape index (κ2) is 23.9. The largest absolute Gasteiger partial charge is 0.459 e. The lowest BCUT2D eigenvalue weighted by Crippen LogP contribution is -2.70. The molecule has 0 bridgehead atoms. The first-order chi connectivity index (χ1) is 36.7. The van der Waals surface area contributed by atoms with Crippen molar-refractivity contribution >= 4 is 17.7 Å². The maximum absolute atomic E-state index is 17.9. The van der Waals surface area contributed by atoms with Gasteiger partial charge in [0.15, 0.2) is 29.6 Å². The lowest BCUT2D eigenvalue weighted by atomic mass is 9.44. The van der Waals surface area contributed by atoms with Crippen molar-refractivity contribution in [2.75, 3.05) is 40.8 Å². The molecule has 0 spiro atoms. The minimum atomic E-state index is -2.11. The zero-order chi connectivity index (χ0) is 58.7. The third-order valence-corrected chi connectivity index (χ3v) is 21.3. The summed E-state index contributed by atoms with van der Waals surface area (Å²) in [4.78, 5) is 45.5. The Morgan fingerprint density at radius 2 is 1.61 bits per heavy atom. The molecular weight excluding hydrogens is 1020 g/mol. The van der Waals surface area contributed by atoms with E-state index in [1.165, 1.54) is 26.2 Å². The molecule has 0 aromatic heterocycles. The summed E-state index contributed by atoms with van der Waals surface area (Å²) < 4.78 is 56.2. The van der Waals surface area contributed by atoms with Crippen LogP contribution in [0.4, 0.5) is 4.39 Å². The topological polar surface area (TPSA) is 246 Å². The number of hydrogen-bond acceptors (Lipinski definition) is 17. The Bertz CT molecular complexity index is 2230. The van der Waals surface area contributed by atoms with Gasteiger partial charge in [-0.3, -0.25) is 19.3 Å². The molecule has 6 fully saturated rings. The molecule has 3 aliphatic heterocycles. The Morgan fingerprint density at radius 3 is 2.25 bits per heavy atom. The van der Waals surface area contributed by atoms with Crippen molar-refractivity contribution in [1.82, 2.24) is 15.1 Å². The van der Waals surface area contributed by atoms with Crippen LogP contribution in [0.15, 0.2) is 23.8 Å². The Kier molecular flexibility index (Phi) is 19.4. The SMILES string of the molecule is CC[C@H]1OC(=O)[C@H](C)[C@@H](O[C@@H]2C[C@](C)(OC)[C@H](O)[C@@H](C)O2)C[C@@H](O[C@H]2O[C@@H](C)C[C@H](N(C)C)C2O)C(C)(C)CCCN(CCCNC(=O)[C@@]2(O)[C@H](C)CC3C4CCC5=CC(=O)C=C[C@]5(C)[C@@]4(F)[C@@H](O)C[C@@]32C)[C@H](C)[C@H](O)[C@@]1(C)O. The zero-order valence-corrected chi connectivity index (χ0v) is 50.1. The second-order valence-electron chi connectivity index (χ2n) is 27.0. The average molecular weight is 1120 g/mol. The van der Waals surface area contributed by atoms with Crippen LogP contribution in [0.25, 0.3) is 0 Å². The molecule has 0 radical (unpaired) electrons. The number of alkyl halides is 1. The molecule has 18 nitrogen and oxygen atoms in total. The van der Waals surface area contributed by atoms with Crippen molar-refractivity contribution in [2.45, 2.75) is 256 Å². The van der Waals surface area contributed by atoms with Gasteiger partial charge >= 0.3 is 5.97 Å². The molecule has 7 aliphatic rings. The molecule has 3 saturated heterocycles. The third-order valence-electron chi connectivity index (χ3n) is 21.3. The quantitative estimate of drug-likeness (QED) is 0.101. The summed E-state index contributed by atoms with van der Waals surface area (Å²) >= 11 is 0. The number of amides is 1. The molecule has 19 heteroatoms. The van der Waals surface area contributed by atoms with Gasteiger partial charge in [0.25, 0.3) is 5.91 Å². The van der Waals surface area contributed by atoms with Crippen LogP contribution in [0.1, 0.15) is 154 Å². The van der Waals surface area contributed by atoms with Crippen LogP contribution in [-0.4, -0.2) is 201 Å². The lowest BCUT2D eigenvalue weighted by Gasteiger charge is -2.62. The zero-order valence-electron chi connectivity index (χ0n) is 50.1. The number of carbonyl (C=O) groups is 3. The van der Waals surface area contributed by atoms with Gasteiger partial charge in [-0.15, -0.1) is 0 Å². The van der Waals surface area contributed by atoms with E-state index in [4.69, 9.17) is 28.4 Å². The highest BCUT2D eigenvalue weighted by molar-refractivity contribution is 6.01. The molecule has 1 amide bonds. The van der Waals surface area contributed by atoms with Crippen LogP contribution < -0.4 is 5.32 Å². The van der Waals surface area contributed by atoms with E-state index >= 15 is 4.39 Å². The van der Waals surface area contributed by atoms with Gasteiger partial charge in [-0.2, -0.15) is 0 Å². The molecule has 23 atom stereocenters. The smallest absolute Gasteiger partial charge is 0.311 e. The summed E-state index contributed by atoms with van der Waals surface area (Å²) in [5.74, 6) is -4.12. The number of hydrogen-bond donors (Lipinski definition) is 7. The number of methoxy groups -OCH3 is 1. The molecule has 4 aliphatic carbocycles. The molecule has 3 heterocycles. The first-order valence-corrected chi connectivity index (χ1v) is 29.5. The lowest BCUT2D eigenvalue weighted by molar-refractivity contribution is -0.303. The number of ether oxygens (including phenoxy) is 6. The number of likely N-dealkylation sites (N-methyl/N-ethyl adjacent to an activating group) is 1. The number of ketones is 1. The van der Waals surface area contributed by atoms with Gasteiger partial charge < -0.3 is 69.3 Å². The molecule has 79 heavy (non-hydrogen) atoms. The molecular formula is C60H100FN3O15. The van der Waals surface area contributed by atoms with E-state index in [9.17, 15) is 45.0 Å². The van der Waals surface area contributed by atoms with Crippen LogP contribution >= 0.6 is 0 Å². The standard InChI is InChI=1S/C60H100FN3O15/c1-16-45-58(12,72)49(68)36(5)64(26-18-24-62-53(71)60(73)33(2)27-41-40-20-19-38-29-39(65)21-23-55(38,9)59(40,61)44(66)31-56(41,60)10)25-17-22-54(7,8)46(79-52-48(67)42(63(13)14)28-34(3)75-52)30-43(35(4)51(70)78-45)77-47-32-57(11,74-15)50(69)37(6)76-47/h21,23,29,33-37,40-50,52,66-69,72-73H,16-20,22,24-28,30-32H2,1-15H3,(H,62,71)/t33-,34+,35-,36-,37-,40?,41?,42+,43+,44+,45-,46-,47-,48?,49+,50-,52-,55+,56+,57+,58+,59+,60+/m1/s1. The predicted molar refractivity (Wildman–Crippen MR) is 293 cm³/mol. The number of carbonyl (C=O) groups excluding carboxylic acids is 3. The fourth-order valence-corrected chi connectivity index (χ4v) is 15.7. The van der Waals surface area contributed by atoms with Crippen molar-refractivity contribution in [3.05, 3.63) is 23.8 Å². The van der Waals surface area contributed by atoms with Crippen molar-refractivity contribution in [3.63, 3.8) is 0 Å². The van der Waals surface area contributed by atoms with Crippen LogP contribution in [0.2, 0.25) is 0 Å². The predicted octanol–water partition coefficient (Wildman–Crippen LogP) is 4.91. The Balaban J connectivity index is 1.13. The highest BCUT2D eigenvalue weighted by Crippen LogP contribution is 2.70. The number of rotatable bonds is 12. The van der Waals surface area contributed by atoms with E-state index in [0.717, 1.165) is 0 Å². The Hall–Kier alpha value is -2.50. The number of fused-ring (bicyclic) bond motifs is 5. The molecule has 452 valence electrons. The van der Waals surface area contributed by atoms with E-state index in [1.807, 2.05) is 44.7 Å². The Labute approximate surface area is 469 Å². The number of halogens is 1. The monoisotopic (exact) mass is 1120 g/mol. The summed E-state index contributed by atoms with van der Waals surface area (Å²) in [7, 11) is 5.32. The van der Waals surface area contributed by atoms with Crippen LogP contribution in [0, 0.1) is 39.9 Å². The third kappa shape index (κ3) is 11.6. The first kappa shape index (κ1) is 64.1. The van der Waals surface area contributed by atoms with Crippen molar-refractivity contribution < 1.29 is 77.8 Å². The van der Waals surface area contributed by atoms with Gasteiger partial charge in [0.2, 0.25) is 0 Å². The van der Waals surface area contributed by atoms with E-state index < -0.39 is 142 Å². The highest BCUT2D eigenvalue weighted by atomic mass is 19.1.